The number of carbonyl (C=O) groups excluding carboxylic acids is 1. The number of benzene rings is 2. The predicted octanol–water partition coefficient (Wildman–Crippen LogP) is 6.24. The smallest absolute Gasteiger partial charge is 0.147 e. The van der Waals surface area contributed by atoms with Crippen LogP contribution in [-0.4, -0.2) is 11.3 Å². The molecular formula is C25H18ClFN2O. The standard InChI is InChI=1S/C25H18ClFN2O/c1-2-18(12-17-6-5-7-21(27)13-17)23-15-19-14-20(26)9-10-22(19)24(16-30)29(23)25-8-3-4-11-28-25/h2-16,24H,1H2. The van der Waals surface area contributed by atoms with Crippen LogP contribution in [-0.2, 0) is 4.79 Å². The maximum Gasteiger partial charge on any atom is 0.147 e. The highest BCUT2D eigenvalue weighted by atomic mass is 35.5. The number of aromatic nitrogens is 1. The highest BCUT2D eigenvalue weighted by Crippen LogP contribution is 2.40. The van der Waals surface area contributed by atoms with Gasteiger partial charge < -0.3 is 9.69 Å². The molecule has 0 fully saturated rings. The largest absolute Gasteiger partial charge is 0.311 e. The van der Waals surface area contributed by atoms with Gasteiger partial charge in [0, 0.05) is 11.2 Å². The van der Waals surface area contributed by atoms with Crippen LogP contribution in [0.15, 0.2) is 90.8 Å². The number of hydrogen-bond acceptors (Lipinski definition) is 3. The molecule has 5 heteroatoms. The molecule has 0 N–H and O–H groups in total. The molecule has 0 aliphatic carbocycles. The number of halogens is 2. The van der Waals surface area contributed by atoms with Crippen LogP contribution < -0.4 is 4.90 Å². The van der Waals surface area contributed by atoms with E-state index in [1.54, 1.807) is 24.4 Å². The molecule has 1 aliphatic heterocycles. The molecular weight excluding hydrogens is 399 g/mol. The number of allylic oxidation sites excluding steroid dienone is 1. The highest BCUT2D eigenvalue weighted by Gasteiger charge is 2.31. The third-order valence-electron chi connectivity index (χ3n) is 4.91. The van der Waals surface area contributed by atoms with Crippen LogP contribution in [0.3, 0.4) is 0 Å². The zero-order chi connectivity index (χ0) is 21.1. The molecule has 3 aromatic rings. The molecule has 4 rings (SSSR count). The predicted molar refractivity (Wildman–Crippen MR) is 120 cm³/mol. The summed E-state index contributed by atoms with van der Waals surface area (Å²) in [7, 11) is 0. The Morgan fingerprint density at radius 3 is 2.70 bits per heavy atom. The molecule has 2 heterocycles. The van der Waals surface area contributed by atoms with Crippen molar-refractivity contribution in [2.24, 2.45) is 0 Å². The lowest BCUT2D eigenvalue weighted by molar-refractivity contribution is -0.109. The molecule has 2 aromatic carbocycles. The van der Waals surface area contributed by atoms with Gasteiger partial charge in [0.15, 0.2) is 0 Å². The number of hydrogen-bond donors (Lipinski definition) is 0. The van der Waals surface area contributed by atoms with Gasteiger partial charge >= 0.3 is 0 Å². The van der Waals surface area contributed by atoms with Gasteiger partial charge in [0.2, 0.25) is 0 Å². The Labute approximate surface area is 179 Å². The first-order valence-corrected chi connectivity index (χ1v) is 9.75. The third kappa shape index (κ3) is 3.82. The van der Waals surface area contributed by atoms with Crippen LogP contribution in [0.1, 0.15) is 22.7 Å². The second-order valence-corrected chi connectivity index (χ2v) is 7.24. The lowest BCUT2D eigenvalue weighted by atomic mass is 9.91. The van der Waals surface area contributed by atoms with Crippen molar-refractivity contribution in [3.8, 4) is 0 Å². The Bertz CT molecular complexity index is 1170. The fourth-order valence-electron chi connectivity index (χ4n) is 3.58. The Kier molecular flexibility index (Phi) is 5.59. The van der Waals surface area contributed by atoms with Crippen molar-refractivity contribution in [1.82, 2.24) is 4.98 Å². The van der Waals surface area contributed by atoms with Crippen molar-refractivity contribution in [2.45, 2.75) is 6.04 Å². The van der Waals surface area contributed by atoms with Crippen LogP contribution >= 0.6 is 11.6 Å². The minimum Gasteiger partial charge on any atom is -0.311 e. The quantitative estimate of drug-likeness (QED) is 0.364. The maximum atomic E-state index is 13.7. The number of rotatable bonds is 5. The first-order valence-electron chi connectivity index (χ1n) is 9.37. The van der Waals surface area contributed by atoms with E-state index in [0.29, 0.717) is 16.4 Å². The summed E-state index contributed by atoms with van der Waals surface area (Å²) in [5.41, 5.74) is 3.81. The number of nitrogens with zero attached hydrogens (tertiary/aromatic N) is 2. The van der Waals surface area contributed by atoms with Crippen LogP contribution in [0.25, 0.3) is 12.2 Å². The minimum absolute atomic E-state index is 0.325. The Morgan fingerprint density at radius 2 is 2.00 bits per heavy atom. The Morgan fingerprint density at radius 1 is 1.13 bits per heavy atom. The van der Waals surface area contributed by atoms with E-state index >= 15 is 0 Å². The van der Waals surface area contributed by atoms with Gasteiger partial charge in [0.25, 0.3) is 0 Å². The van der Waals surface area contributed by atoms with Crippen molar-refractivity contribution < 1.29 is 9.18 Å². The van der Waals surface area contributed by atoms with Crippen LogP contribution in [0.4, 0.5) is 10.2 Å². The number of carbonyl (C=O) groups is 1. The molecule has 0 saturated carbocycles. The van der Waals surface area contributed by atoms with Gasteiger partial charge in [-0.1, -0.05) is 48.5 Å². The molecule has 0 amide bonds. The monoisotopic (exact) mass is 416 g/mol. The molecule has 148 valence electrons. The molecule has 0 saturated heterocycles. The van der Waals surface area contributed by atoms with E-state index in [2.05, 4.69) is 11.6 Å². The van der Waals surface area contributed by atoms with E-state index in [9.17, 15) is 9.18 Å². The van der Waals surface area contributed by atoms with Gasteiger partial charge in [0.1, 0.15) is 24.0 Å². The van der Waals surface area contributed by atoms with Gasteiger partial charge in [-0.05, 0) is 70.8 Å². The Hall–Kier alpha value is -3.50. The van der Waals surface area contributed by atoms with Crippen molar-refractivity contribution in [1.29, 1.82) is 0 Å². The van der Waals surface area contributed by atoms with Gasteiger partial charge in [0.05, 0.1) is 5.70 Å². The van der Waals surface area contributed by atoms with E-state index in [1.807, 2.05) is 53.5 Å². The summed E-state index contributed by atoms with van der Waals surface area (Å²) in [5, 5.41) is 0.578. The number of fused-ring (bicyclic) bond motifs is 1. The zero-order valence-electron chi connectivity index (χ0n) is 16.0. The van der Waals surface area contributed by atoms with Crippen molar-refractivity contribution in [3.63, 3.8) is 0 Å². The maximum absolute atomic E-state index is 13.7. The molecule has 1 aliphatic rings. The molecule has 1 atom stereocenters. The van der Waals surface area contributed by atoms with Crippen molar-refractivity contribution in [2.75, 3.05) is 4.90 Å². The van der Waals surface area contributed by atoms with Crippen LogP contribution in [0.5, 0.6) is 0 Å². The normalized spacial score (nSPS) is 15.9. The summed E-state index contributed by atoms with van der Waals surface area (Å²) in [4.78, 5) is 18.5. The van der Waals surface area contributed by atoms with E-state index < -0.39 is 6.04 Å². The van der Waals surface area contributed by atoms with E-state index in [-0.39, 0.29) is 5.82 Å². The minimum atomic E-state index is -0.594. The van der Waals surface area contributed by atoms with Crippen LogP contribution in [0, 0.1) is 5.82 Å². The van der Waals surface area contributed by atoms with E-state index in [4.69, 9.17) is 11.6 Å². The SMILES string of the molecule is C=CC(=Cc1cccc(F)c1)C1=Cc2cc(Cl)ccc2C(C=O)N1c1ccccn1. The molecule has 0 spiro atoms. The number of anilines is 1. The molecule has 0 radical (unpaired) electrons. The van der Waals surface area contributed by atoms with Gasteiger partial charge in [-0.3, -0.25) is 0 Å². The van der Waals surface area contributed by atoms with Crippen molar-refractivity contribution >= 4 is 35.9 Å². The fourth-order valence-corrected chi connectivity index (χ4v) is 3.76. The van der Waals surface area contributed by atoms with Crippen molar-refractivity contribution in [3.05, 3.63) is 118 Å². The van der Waals surface area contributed by atoms with E-state index in [1.165, 1.54) is 12.1 Å². The summed E-state index contributed by atoms with van der Waals surface area (Å²) in [6, 6.07) is 16.7. The third-order valence-corrected chi connectivity index (χ3v) is 5.14. The molecule has 30 heavy (non-hydrogen) atoms. The first kappa shape index (κ1) is 19.8. The second kappa shape index (κ2) is 8.47. The zero-order valence-corrected chi connectivity index (χ0v) is 16.8. The average molecular weight is 417 g/mol. The topological polar surface area (TPSA) is 33.2 Å². The van der Waals surface area contributed by atoms with Gasteiger partial charge in [-0.2, -0.15) is 0 Å². The lowest BCUT2D eigenvalue weighted by Gasteiger charge is -2.36. The average Bonchev–Trinajstić information content (AvgIpc) is 2.76. The highest BCUT2D eigenvalue weighted by molar-refractivity contribution is 6.30. The summed E-state index contributed by atoms with van der Waals surface area (Å²) in [6.45, 7) is 3.94. The summed E-state index contributed by atoms with van der Waals surface area (Å²) >= 11 is 6.21. The summed E-state index contributed by atoms with van der Waals surface area (Å²) in [5.74, 6) is 0.294. The summed E-state index contributed by atoms with van der Waals surface area (Å²) in [6.07, 6.45) is 8.02. The second-order valence-electron chi connectivity index (χ2n) is 6.80. The molecule has 3 nitrogen and oxygen atoms in total. The molecule has 0 bridgehead atoms. The van der Waals surface area contributed by atoms with E-state index in [0.717, 1.165) is 28.7 Å². The lowest BCUT2D eigenvalue weighted by Crippen LogP contribution is -2.33. The first-order chi connectivity index (χ1) is 14.6. The van der Waals surface area contributed by atoms with Gasteiger partial charge in [-0.25, -0.2) is 9.37 Å². The van der Waals surface area contributed by atoms with Crippen LogP contribution in [0.2, 0.25) is 5.02 Å². The van der Waals surface area contributed by atoms with Gasteiger partial charge in [-0.15, -0.1) is 0 Å². The Balaban J connectivity index is 1.94. The number of pyridine rings is 1. The summed E-state index contributed by atoms with van der Waals surface area (Å²) < 4.78 is 13.7. The number of aldehydes is 1. The fraction of sp³-hybridized carbons (Fsp3) is 0.0400. The molecule has 1 unspecified atom stereocenters. The molecule has 1 aromatic heterocycles.